The second-order valence-corrected chi connectivity index (χ2v) is 6.96. The van der Waals surface area contributed by atoms with Gasteiger partial charge in [0, 0.05) is 25.7 Å². The van der Waals surface area contributed by atoms with Gasteiger partial charge in [-0.15, -0.1) is 0 Å². The molecule has 1 aromatic heterocycles. The van der Waals surface area contributed by atoms with Crippen LogP contribution in [-0.2, 0) is 19.5 Å². The predicted molar refractivity (Wildman–Crippen MR) is 113 cm³/mol. The van der Waals surface area contributed by atoms with Crippen molar-refractivity contribution in [1.82, 2.24) is 14.5 Å². The summed E-state index contributed by atoms with van der Waals surface area (Å²) in [5.74, 6) is 0.541. The minimum atomic E-state index is -0.214. The van der Waals surface area contributed by atoms with Crippen LogP contribution in [0.2, 0.25) is 0 Å². The van der Waals surface area contributed by atoms with E-state index in [0.29, 0.717) is 31.0 Å². The summed E-state index contributed by atoms with van der Waals surface area (Å²) in [6.45, 7) is 1.19. The lowest BCUT2D eigenvalue weighted by Gasteiger charge is -2.29. The Morgan fingerprint density at radius 1 is 1.07 bits per heavy atom. The zero-order valence-electron chi connectivity index (χ0n) is 16.3. The lowest BCUT2D eigenvalue weighted by molar-refractivity contribution is 0.205. The van der Waals surface area contributed by atoms with Gasteiger partial charge in [0.05, 0.1) is 24.3 Å². The highest BCUT2D eigenvalue weighted by Crippen LogP contribution is 2.18. The fourth-order valence-corrected chi connectivity index (χ4v) is 3.52. The Balaban J connectivity index is 1.61. The Bertz CT molecular complexity index is 1060. The Morgan fingerprint density at radius 3 is 2.45 bits per heavy atom. The number of benzene rings is 2. The molecule has 2 amide bonds. The molecule has 0 saturated carbocycles. The number of carbonyl (C=O) groups is 1. The van der Waals surface area contributed by atoms with E-state index in [1.165, 1.54) is 0 Å². The van der Waals surface area contributed by atoms with Crippen molar-refractivity contribution in [1.29, 1.82) is 0 Å². The lowest BCUT2D eigenvalue weighted by Crippen LogP contribution is -2.43. The van der Waals surface area contributed by atoms with E-state index < -0.39 is 0 Å². The maximum Gasteiger partial charge on any atom is 0.322 e. The monoisotopic (exact) mass is 389 g/mol. The highest BCUT2D eigenvalue weighted by atomic mass is 16.2. The van der Waals surface area contributed by atoms with Crippen molar-refractivity contribution in [3.8, 4) is 0 Å². The molecule has 0 bridgehead atoms. The van der Waals surface area contributed by atoms with Gasteiger partial charge in [0.15, 0.2) is 0 Å². The number of nitrogens with one attached hydrogen (secondary N) is 2. The molecular weight excluding hydrogens is 366 g/mol. The first kappa shape index (κ1) is 18.7. The first-order valence-corrected chi connectivity index (χ1v) is 9.61. The van der Waals surface area contributed by atoms with Crippen LogP contribution in [0.15, 0.2) is 65.5 Å². The number of rotatable bonds is 4. The number of nitrogens with zero attached hydrogens (tertiary/aromatic N) is 3. The fraction of sp³-hybridized carbons (Fsp3) is 0.227. The molecule has 3 aromatic rings. The number of hydrogen-bond acceptors (Lipinski definition) is 4. The van der Waals surface area contributed by atoms with Crippen LogP contribution in [0.1, 0.15) is 16.8 Å². The van der Waals surface area contributed by atoms with E-state index in [0.717, 1.165) is 16.9 Å². The van der Waals surface area contributed by atoms with E-state index in [9.17, 15) is 9.59 Å². The molecule has 2 heterocycles. The number of aromatic nitrogens is 2. The van der Waals surface area contributed by atoms with Gasteiger partial charge in [0.1, 0.15) is 0 Å². The van der Waals surface area contributed by atoms with Crippen molar-refractivity contribution in [2.45, 2.75) is 19.5 Å². The van der Waals surface area contributed by atoms with Crippen molar-refractivity contribution in [2.75, 3.05) is 24.2 Å². The molecule has 2 N–H and O–H groups in total. The van der Waals surface area contributed by atoms with E-state index in [4.69, 9.17) is 0 Å². The van der Waals surface area contributed by atoms with Gasteiger partial charge >= 0.3 is 6.03 Å². The maximum absolute atomic E-state index is 13.2. The first-order valence-electron chi connectivity index (χ1n) is 9.61. The zero-order chi connectivity index (χ0) is 20.2. The fourth-order valence-electron chi connectivity index (χ4n) is 3.52. The second kappa shape index (κ2) is 8.18. The molecule has 2 aromatic carbocycles. The van der Waals surface area contributed by atoms with Crippen molar-refractivity contribution in [3.63, 3.8) is 0 Å². The third-order valence-electron chi connectivity index (χ3n) is 5.04. The van der Waals surface area contributed by atoms with Gasteiger partial charge in [0.25, 0.3) is 5.56 Å². The summed E-state index contributed by atoms with van der Waals surface area (Å²) in [4.78, 5) is 32.2. The van der Waals surface area contributed by atoms with Crippen molar-refractivity contribution < 1.29 is 4.79 Å². The third-order valence-corrected chi connectivity index (χ3v) is 5.04. The molecule has 0 saturated heterocycles. The van der Waals surface area contributed by atoms with Gasteiger partial charge in [0.2, 0.25) is 5.95 Å². The maximum atomic E-state index is 13.2. The van der Waals surface area contributed by atoms with Crippen LogP contribution in [0, 0.1) is 0 Å². The molecule has 0 spiro atoms. The normalized spacial score (nSPS) is 12.9. The molecule has 29 heavy (non-hydrogen) atoms. The molecular formula is C22H23N5O2. The molecule has 7 nitrogen and oxygen atoms in total. The molecule has 4 rings (SSSR count). The minimum Gasteiger partial charge on any atom is -0.359 e. The van der Waals surface area contributed by atoms with Crippen LogP contribution in [0.25, 0.3) is 0 Å². The Hall–Kier alpha value is -3.61. The SMILES string of the molecule is CNc1nc2c(c(=O)n1Cc1ccccc1)CN(C(=O)Nc1ccccc1)CC2. The van der Waals surface area contributed by atoms with Crippen LogP contribution < -0.4 is 16.2 Å². The molecule has 0 unspecified atom stereocenters. The predicted octanol–water partition coefficient (Wildman–Crippen LogP) is 2.92. The summed E-state index contributed by atoms with van der Waals surface area (Å²) in [6.07, 6.45) is 0.549. The average molecular weight is 389 g/mol. The number of anilines is 2. The van der Waals surface area contributed by atoms with E-state index in [-0.39, 0.29) is 18.1 Å². The molecule has 148 valence electrons. The van der Waals surface area contributed by atoms with E-state index in [1.54, 1.807) is 16.5 Å². The van der Waals surface area contributed by atoms with Crippen molar-refractivity contribution in [2.24, 2.45) is 0 Å². The van der Waals surface area contributed by atoms with Crippen LogP contribution in [0.3, 0.4) is 0 Å². The quantitative estimate of drug-likeness (QED) is 0.719. The minimum absolute atomic E-state index is 0.111. The van der Waals surface area contributed by atoms with Gasteiger partial charge in [-0.05, 0) is 17.7 Å². The van der Waals surface area contributed by atoms with E-state index in [2.05, 4.69) is 15.6 Å². The topological polar surface area (TPSA) is 79.3 Å². The van der Waals surface area contributed by atoms with Gasteiger partial charge in [-0.2, -0.15) is 0 Å². The van der Waals surface area contributed by atoms with E-state index >= 15 is 0 Å². The lowest BCUT2D eigenvalue weighted by atomic mass is 10.1. The first-order chi connectivity index (χ1) is 14.2. The Labute approximate surface area is 169 Å². The second-order valence-electron chi connectivity index (χ2n) is 6.96. The smallest absolute Gasteiger partial charge is 0.322 e. The Kier molecular flexibility index (Phi) is 5.29. The number of urea groups is 1. The standard InChI is InChI=1S/C22H23N5O2/c1-23-21-25-19-12-13-26(22(29)24-17-10-6-3-7-11-17)15-18(19)20(28)27(21)14-16-8-4-2-5-9-16/h2-11H,12-15H2,1H3,(H,23,25)(H,24,29). The van der Waals surface area contributed by atoms with Gasteiger partial charge in [-0.1, -0.05) is 48.5 Å². The van der Waals surface area contributed by atoms with Gasteiger partial charge in [-0.3, -0.25) is 9.36 Å². The van der Waals surface area contributed by atoms with Crippen LogP contribution in [0.4, 0.5) is 16.4 Å². The number of carbonyl (C=O) groups excluding carboxylic acids is 1. The van der Waals surface area contributed by atoms with Crippen LogP contribution in [0.5, 0.6) is 0 Å². The number of para-hydroxylation sites is 1. The van der Waals surface area contributed by atoms with Crippen LogP contribution in [-0.4, -0.2) is 34.1 Å². The zero-order valence-corrected chi connectivity index (χ0v) is 16.3. The van der Waals surface area contributed by atoms with Gasteiger partial charge < -0.3 is 15.5 Å². The summed E-state index contributed by atoms with van der Waals surface area (Å²) >= 11 is 0. The summed E-state index contributed by atoms with van der Waals surface area (Å²) in [5, 5.41) is 5.92. The summed E-state index contributed by atoms with van der Waals surface area (Å²) < 4.78 is 1.63. The number of hydrogen-bond donors (Lipinski definition) is 2. The molecule has 0 atom stereocenters. The van der Waals surface area contributed by atoms with Crippen molar-refractivity contribution >= 4 is 17.7 Å². The molecule has 0 radical (unpaired) electrons. The number of amides is 2. The molecule has 0 aliphatic carbocycles. The summed E-state index contributed by atoms with van der Waals surface area (Å²) in [5.41, 5.74) is 2.97. The molecule has 1 aliphatic heterocycles. The molecule has 1 aliphatic rings. The summed E-state index contributed by atoms with van der Waals surface area (Å²) in [7, 11) is 1.76. The highest BCUT2D eigenvalue weighted by molar-refractivity contribution is 5.89. The largest absolute Gasteiger partial charge is 0.359 e. The van der Waals surface area contributed by atoms with E-state index in [1.807, 2.05) is 60.7 Å². The molecule has 0 fully saturated rings. The highest BCUT2D eigenvalue weighted by Gasteiger charge is 2.26. The molecule has 7 heteroatoms. The third kappa shape index (κ3) is 3.99. The number of fused-ring (bicyclic) bond motifs is 1. The average Bonchev–Trinajstić information content (AvgIpc) is 2.76. The van der Waals surface area contributed by atoms with Crippen LogP contribution >= 0.6 is 0 Å². The Morgan fingerprint density at radius 2 is 1.76 bits per heavy atom. The van der Waals surface area contributed by atoms with Crippen molar-refractivity contribution in [3.05, 3.63) is 87.8 Å². The van der Waals surface area contributed by atoms with Gasteiger partial charge in [-0.25, -0.2) is 9.78 Å². The summed E-state index contributed by atoms with van der Waals surface area (Å²) in [6, 6.07) is 18.9.